The third-order valence-corrected chi connectivity index (χ3v) is 3.87. The maximum absolute atomic E-state index is 5.73. The zero-order valence-corrected chi connectivity index (χ0v) is 11.8. The fourth-order valence-corrected chi connectivity index (χ4v) is 2.74. The van der Waals surface area contributed by atoms with Crippen molar-refractivity contribution in [2.75, 3.05) is 7.11 Å². The van der Waals surface area contributed by atoms with Gasteiger partial charge in [-0.05, 0) is 23.6 Å². The van der Waals surface area contributed by atoms with Crippen LogP contribution in [0.3, 0.4) is 0 Å². The lowest BCUT2D eigenvalue weighted by Gasteiger charge is -2.12. The van der Waals surface area contributed by atoms with Gasteiger partial charge in [0.1, 0.15) is 5.75 Å². The molecule has 1 aromatic heterocycles. The van der Waals surface area contributed by atoms with Gasteiger partial charge in [-0.15, -0.1) is 11.3 Å². The number of hydrogen-bond donors (Lipinski definition) is 1. The lowest BCUT2D eigenvalue weighted by atomic mass is 9.99. The molecule has 0 saturated carbocycles. The SMILES string of the molecule is COc1ccc(C(C)C)cc1-c1scnc1CN. The van der Waals surface area contributed by atoms with Crippen LogP contribution >= 0.6 is 11.3 Å². The fourth-order valence-electron chi connectivity index (χ4n) is 1.90. The molecule has 0 atom stereocenters. The normalized spacial score (nSPS) is 10.9. The maximum Gasteiger partial charge on any atom is 0.127 e. The van der Waals surface area contributed by atoms with Crippen molar-refractivity contribution >= 4 is 11.3 Å². The molecular formula is C14H18N2OS. The minimum Gasteiger partial charge on any atom is -0.496 e. The Balaban J connectivity index is 2.57. The number of aromatic nitrogens is 1. The van der Waals surface area contributed by atoms with Gasteiger partial charge in [0.05, 0.1) is 23.2 Å². The minimum absolute atomic E-state index is 0.452. The summed E-state index contributed by atoms with van der Waals surface area (Å²) in [5.74, 6) is 1.36. The van der Waals surface area contributed by atoms with Crippen molar-refractivity contribution in [2.45, 2.75) is 26.3 Å². The van der Waals surface area contributed by atoms with Crippen LogP contribution in [0.25, 0.3) is 10.4 Å². The lowest BCUT2D eigenvalue weighted by Crippen LogP contribution is -1.99. The first-order chi connectivity index (χ1) is 8.67. The molecule has 0 bridgehead atoms. The van der Waals surface area contributed by atoms with Crippen molar-refractivity contribution < 1.29 is 4.74 Å². The highest BCUT2D eigenvalue weighted by molar-refractivity contribution is 7.13. The highest BCUT2D eigenvalue weighted by atomic mass is 32.1. The van der Waals surface area contributed by atoms with Gasteiger partial charge in [0.2, 0.25) is 0 Å². The van der Waals surface area contributed by atoms with E-state index in [1.165, 1.54) is 5.56 Å². The maximum atomic E-state index is 5.73. The van der Waals surface area contributed by atoms with Crippen molar-refractivity contribution in [3.63, 3.8) is 0 Å². The molecule has 0 radical (unpaired) electrons. The molecule has 0 aliphatic heterocycles. The van der Waals surface area contributed by atoms with Gasteiger partial charge in [-0.3, -0.25) is 0 Å². The number of thiazole rings is 1. The molecule has 0 aliphatic carbocycles. The highest BCUT2D eigenvalue weighted by Gasteiger charge is 2.14. The summed E-state index contributed by atoms with van der Waals surface area (Å²) in [6.45, 7) is 4.82. The van der Waals surface area contributed by atoms with E-state index in [0.29, 0.717) is 12.5 Å². The average molecular weight is 262 g/mol. The molecule has 4 heteroatoms. The molecule has 1 aromatic carbocycles. The van der Waals surface area contributed by atoms with E-state index in [4.69, 9.17) is 10.5 Å². The van der Waals surface area contributed by atoms with E-state index in [9.17, 15) is 0 Å². The number of rotatable bonds is 4. The third kappa shape index (κ3) is 2.40. The molecular weight excluding hydrogens is 244 g/mol. The van der Waals surface area contributed by atoms with Crippen LogP contribution in [0.5, 0.6) is 5.75 Å². The van der Waals surface area contributed by atoms with E-state index < -0.39 is 0 Å². The molecule has 0 aliphatic rings. The molecule has 3 nitrogen and oxygen atoms in total. The smallest absolute Gasteiger partial charge is 0.127 e. The Morgan fingerprint density at radius 3 is 2.78 bits per heavy atom. The number of nitrogens with zero attached hydrogens (tertiary/aromatic N) is 1. The monoisotopic (exact) mass is 262 g/mol. The first kappa shape index (κ1) is 13.1. The Labute approximate surface area is 112 Å². The third-order valence-electron chi connectivity index (χ3n) is 2.97. The molecule has 1 heterocycles. The Morgan fingerprint density at radius 1 is 1.39 bits per heavy atom. The van der Waals surface area contributed by atoms with Crippen LogP contribution in [0, 0.1) is 0 Å². The molecule has 96 valence electrons. The zero-order valence-electron chi connectivity index (χ0n) is 10.9. The van der Waals surface area contributed by atoms with E-state index in [1.54, 1.807) is 18.4 Å². The molecule has 18 heavy (non-hydrogen) atoms. The van der Waals surface area contributed by atoms with Crippen molar-refractivity contribution in [2.24, 2.45) is 5.73 Å². The van der Waals surface area contributed by atoms with Crippen LogP contribution in [0.15, 0.2) is 23.7 Å². The summed E-state index contributed by atoms with van der Waals surface area (Å²) < 4.78 is 5.44. The van der Waals surface area contributed by atoms with Gasteiger partial charge in [-0.25, -0.2) is 4.98 Å². The van der Waals surface area contributed by atoms with Crippen LogP contribution in [0.4, 0.5) is 0 Å². The van der Waals surface area contributed by atoms with Gasteiger partial charge in [0.25, 0.3) is 0 Å². The molecule has 0 spiro atoms. The Bertz CT molecular complexity index is 534. The Kier molecular flexibility index (Phi) is 3.99. The molecule has 0 fully saturated rings. The topological polar surface area (TPSA) is 48.1 Å². The van der Waals surface area contributed by atoms with Gasteiger partial charge in [0.15, 0.2) is 0 Å². The second-order valence-electron chi connectivity index (χ2n) is 4.45. The van der Waals surface area contributed by atoms with Crippen molar-refractivity contribution in [1.29, 1.82) is 0 Å². The molecule has 2 N–H and O–H groups in total. The van der Waals surface area contributed by atoms with Crippen molar-refractivity contribution in [3.8, 4) is 16.2 Å². The van der Waals surface area contributed by atoms with E-state index in [2.05, 4.69) is 31.0 Å². The predicted octanol–water partition coefficient (Wildman–Crippen LogP) is 3.40. The van der Waals surface area contributed by atoms with E-state index >= 15 is 0 Å². The van der Waals surface area contributed by atoms with Gasteiger partial charge in [-0.2, -0.15) is 0 Å². The number of benzene rings is 1. The van der Waals surface area contributed by atoms with E-state index in [-0.39, 0.29) is 0 Å². The minimum atomic E-state index is 0.452. The van der Waals surface area contributed by atoms with Crippen LogP contribution in [0.1, 0.15) is 31.0 Å². The number of hydrogen-bond acceptors (Lipinski definition) is 4. The van der Waals surface area contributed by atoms with Crippen molar-refractivity contribution in [1.82, 2.24) is 4.98 Å². The first-order valence-electron chi connectivity index (χ1n) is 5.98. The number of nitrogens with two attached hydrogens (primary N) is 1. The van der Waals surface area contributed by atoms with Crippen LogP contribution in [-0.4, -0.2) is 12.1 Å². The summed E-state index contributed by atoms with van der Waals surface area (Å²) in [6.07, 6.45) is 0. The van der Waals surface area contributed by atoms with Gasteiger partial charge >= 0.3 is 0 Å². The van der Waals surface area contributed by atoms with Crippen molar-refractivity contribution in [3.05, 3.63) is 35.0 Å². The summed E-state index contributed by atoms with van der Waals surface area (Å²) in [6, 6.07) is 6.30. The van der Waals surface area contributed by atoms with Crippen LogP contribution in [-0.2, 0) is 6.54 Å². The Morgan fingerprint density at radius 2 is 2.17 bits per heavy atom. The molecule has 2 aromatic rings. The Hall–Kier alpha value is -1.39. The molecule has 0 unspecified atom stereocenters. The standard InChI is InChI=1S/C14H18N2OS/c1-9(2)10-4-5-13(17-3)11(6-10)14-12(7-15)16-8-18-14/h4-6,8-9H,7,15H2,1-3H3. The van der Waals surface area contributed by atoms with Gasteiger partial charge in [0, 0.05) is 12.1 Å². The second kappa shape index (κ2) is 5.50. The summed E-state index contributed by atoms with van der Waals surface area (Å²) in [4.78, 5) is 5.41. The highest BCUT2D eigenvalue weighted by Crippen LogP contribution is 2.36. The molecule has 0 saturated heterocycles. The summed E-state index contributed by atoms with van der Waals surface area (Å²) in [5.41, 5.74) is 10.9. The van der Waals surface area contributed by atoms with Gasteiger partial charge in [-0.1, -0.05) is 19.9 Å². The second-order valence-corrected chi connectivity index (χ2v) is 5.30. The summed E-state index contributed by atoms with van der Waals surface area (Å²) in [7, 11) is 1.69. The van der Waals surface area contributed by atoms with Crippen LogP contribution < -0.4 is 10.5 Å². The predicted molar refractivity (Wildman–Crippen MR) is 76.1 cm³/mol. The molecule has 2 rings (SSSR count). The molecule has 0 amide bonds. The first-order valence-corrected chi connectivity index (χ1v) is 6.86. The summed E-state index contributed by atoms with van der Waals surface area (Å²) >= 11 is 1.61. The zero-order chi connectivity index (χ0) is 13.1. The number of ether oxygens (including phenoxy) is 1. The van der Waals surface area contributed by atoms with Crippen LogP contribution in [0.2, 0.25) is 0 Å². The largest absolute Gasteiger partial charge is 0.496 e. The average Bonchev–Trinajstić information content (AvgIpc) is 2.85. The fraction of sp³-hybridized carbons (Fsp3) is 0.357. The number of methoxy groups -OCH3 is 1. The quantitative estimate of drug-likeness (QED) is 0.918. The van der Waals surface area contributed by atoms with Gasteiger partial charge < -0.3 is 10.5 Å². The summed E-state index contributed by atoms with van der Waals surface area (Å²) in [5, 5.41) is 0. The van der Waals surface area contributed by atoms with E-state index in [0.717, 1.165) is 21.9 Å². The lowest BCUT2D eigenvalue weighted by molar-refractivity contribution is 0.416. The van der Waals surface area contributed by atoms with E-state index in [1.807, 2.05) is 11.6 Å².